The maximum atomic E-state index is 12.3. The van der Waals surface area contributed by atoms with Crippen LogP contribution >= 0.6 is 0 Å². The molecule has 0 aromatic rings. The Kier molecular flexibility index (Phi) is 11.3. The molecule has 2 aliphatic heterocycles. The van der Waals surface area contributed by atoms with E-state index in [0.717, 1.165) is 0 Å². The van der Waals surface area contributed by atoms with Crippen LogP contribution in [0.1, 0.15) is 85.5 Å². The Balaban J connectivity index is 1.62. The van der Waals surface area contributed by atoms with Crippen molar-refractivity contribution in [2.24, 2.45) is 0 Å². The van der Waals surface area contributed by atoms with Crippen LogP contribution in [0.2, 0.25) is 0 Å². The predicted molar refractivity (Wildman–Crippen MR) is 133 cm³/mol. The summed E-state index contributed by atoms with van der Waals surface area (Å²) < 4.78 is 5.92. The lowest BCUT2D eigenvalue weighted by molar-refractivity contribution is -0.197. The van der Waals surface area contributed by atoms with Gasteiger partial charge in [0.05, 0.1) is 30.6 Å². The average Bonchev–Trinajstić information content (AvgIpc) is 3.35. The highest BCUT2D eigenvalue weighted by Crippen LogP contribution is 2.18. The minimum Gasteiger partial charge on any atom is -0.373 e. The molecule has 0 aromatic heterocycles. The number of carbonyl (C=O) groups excluding carboxylic acids is 8. The molecule has 15 nitrogen and oxygen atoms in total. The van der Waals surface area contributed by atoms with E-state index in [4.69, 9.17) is 14.4 Å². The summed E-state index contributed by atoms with van der Waals surface area (Å²) >= 11 is 0. The molecule has 15 heteroatoms. The molecule has 2 aliphatic rings. The lowest BCUT2D eigenvalue weighted by Gasteiger charge is -2.32. The van der Waals surface area contributed by atoms with Gasteiger partial charge in [0.15, 0.2) is 0 Å². The van der Waals surface area contributed by atoms with Crippen molar-refractivity contribution in [2.45, 2.75) is 96.6 Å². The molecule has 2 fully saturated rings. The maximum Gasteiger partial charge on any atom is 0.333 e. The van der Waals surface area contributed by atoms with Gasteiger partial charge in [-0.1, -0.05) is 0 Å². The summed E-state index contributed by atoms with van der Waals surface area (Å²) in [4.78, 5) is 103. The Hall–Kier alpha value is -3.88. The Morgan fingerprint density at radius 2 is 1.12 bits per heavy atom. The fourth-order valence-corrected chi connectivity index (χ4v) is 3.56. The van der Waals surface area contributed by atoms with Crippen LogP contribution in [0.4, 0.5) is 0 Å². The minimum absolute atomic E-state index is 0.0164. The molecule has 2 N–H and O–H groups in total. The highest BCUT2D eigenvalue weighted by molar-refractivity contribution is 6.02. The van der Waals surface area contributed by atoms with Crippen LogP contribution in [-0.4, -0.2) is 81.8 Å². The number of hydroxylamine groups is 4. The first-order valence-electron chi connectivity index (χ1n) is 12.9. The van der Waals surface area contributed by atoms with Crippen molar-refractivity contribution in [3.05, 3.63) is 0 Å². The number of imide groups is 2. The van der Waals surface area contributed by atoms with Gasteiger partial charge in [-0.2, -0.15) is 0 Å². The van der Waals surface area contributed by atoms with E-state index in [1.54, 1.807) is 27.7 Å². The van der Waals surface area contributed by atoms with Crippen LogP contribution in [-0.2, 0) is 52.8 Å². The van der Waals surface area contributed by atoms with E-state index in [-0.39, 0.29) is 64.5 Å². The molecular weight excluding hydrogens is 532 g/mol. The van der Waals surface area contributed by atoms with E-state index in [9.17, 15) is 38.4 Å². The molecule has 0 atom stereocenters. The number of rotatable bonds is 15. The number of carbonyl (C=O) groups is 8. The van der Waals surface area contributed by atoms with E-state index >= 15 is 0 Å². The fourth-order valence-electron chi connectivity index (χ4n) is 3.56. The maximum absolute atomic E-state index is 12.3. The van der Waals surface area contributed by atoms with E-state index < -0.39 is 58.5 Å². The third kappa shape index (κ3) is 10.7. The SMILES string of the molecule is CC(C)(COC(C)(C)CCNC(=O)CCC(=O)ON1C(=O)CCC1=O)NC(=O)CCC(=O)ON1C(=O)CCC1=O. The molecule has 40 heavy (non-hydrogen) atoms. The molecule has 0 aliphatic carbocycles. The quantitative estimate of drug-likeness (QED) is 0.252. The van der Waals surface area contributed by atoms with Gasteiger partial charge in [0, 0.05) is 45.1 Å². The zero-order chi connectivity index (χ0) is 30.1. The largest absolute Gasteiger partial charge is 0.373 e. The first-order chi connectivity index (χ1) is 18.6. The Labute approximate surface area is 231 Å². The first-order valence-corrected chi connectivity index (χ1v) is 12.9. The van der Waals surface area contributed by atoms with Crippen LogP contribution in [0.15, 0.2) is 0 Å². The number of ether oxygens (including phenoxy) is 1. The lowest BCUT2D eigenvalue weighted by Crippen LogP contribution is -2.49. The molecule has 0 aromatic carbocycles. The van der Waals surface area contributed by atoms with Crippen LogP contribution in [0.5, 0.6) is 0 Å². The van der Waals surface area contributed by atoms with Gasteiger partial charge in [-0.05, 0) is 34.1 Å². The molecule has 222 valence electrons. The second kappa shape index (κ2) is 14.0. The Morgan fingerprint density at radius 3 is 1.57 bits per heavy atom. The number of nitrogens with one attached hydrogen (secondary N) is 2. The zero-order valence-corrected chi connectivity index (χ0v) is 23.2. The second-order valence-electron chi connectivity index (χ2n) is 10.7. The fraction of sp³-hybridized carbons (Fsp3) is 0.680. The predicted octanol–water partition coefficient (Wildman–Crippen LogP) is -0.0425. The highest BCUT2D eigenvalue weighted by atomic mass is 16.7. The number of amides is 6. The Bertz CT molecular complexity index is 1020. The van der Waals surface area contributed by atoms with Gasteiger partial charge in [-0.15, -0.1) is 10.1 Å². The molecule has 2 saturated heterocycles. The van der Waals surface area contributed by atoms with Crippen molar-refractivity contribution in [1.82, 2.24) is 20.8 Å². The lowest BCUT2D eigenvalue weighted by atomic mass is 10.0. The van der Waals surface area contributed by atoms with Gasteiger partial charge in [-0.3, -0.25) is 28.8 Å². The summed E-state index contributed by atoms with van der Waals surface area (Å²) in [6, 6.07) is 0. The monoisotopic (exact) mass is 568 g/mol. The molecule has 0 radical (unpaired) electrons. The van der Waals surface area contributed by atoms with Gasteiger partial charge in [-0.25, -0.2) is 9.59 Å². The van der Waals surface area contributed by atoms with Crippen molar-refractivity contribution in [1.29, 1.82) is 0 Å². The summed E-state index contributed by atoms with van der Waals surface area (Å²) in [5.74, 6) is -4.99. The standard InChI is InChI=1S/C25H36N4O11/c1-24(2,27-17(31)6-12-23(37)40-29-20(34)9-10-21(29)35)15-38-25(3,4)13-14-26-16(30)5-11-22(36)39-28-18(32)7-8-19(28)33/h5-15H2,1-4H3,(H,26,30)(H,27,31). The van der Waals surface area contributed by atoms with E-state index in [2.05, 4.69) is 10.6 Å². The van der Waals surface area contributed by atoms with E-state index in [1.807, 2.05) is 0 Å². The number of hydrogen-bond acceptors (Lipinski definition) is 11. The minimum atomic E-state index is -0.871. The van der Waals surface area contributed by atoms with Crippen LogP contribution in [0.25, 0.3) is 0 Å². The van der Waals surface area contributed by atoms with Gasteiger partial charge in [0.1, 0.15) is 0 Å². The van der Waals surface area contributed by atoms with Crippen molar-refractivity contribution in [3.8, 4) is 0 Å². The number of nitrogens with zero attached hydrogens (tertiary/aromatic N) is 2. The topological polar surface area (TPSA) is 195 Å². The first kappa shape index (κ1) is 32.3. The summed E-state index contributed by atoms with van der Waals surface area (Å²) in [5.41, 5.74) is -1.50. The van der Waals surface area contributed by atoms with Crippen LogP contribution < -0.4 is 10.6 Å². The zero-order valence-electron chi connectivity index (χ0n) is 23.2. The van der Waals surface area contributed by atoms with Gasteiger partial charge in [0.2, 0.25) is 11.8 Å². The van der Waals surface area contributed by atoms with Crippen molar-refractivity contribution in [3.63, 3.8) is 0 Å². The van der Waals surface area contributed by atoms with E-state index in [1.165, 1.54) is 0 Å². The van der Waals surface area contributed by atoms with Crippen LogP contribution in [0, 0.1) is 0 Å². The second-order valence-corrected chi connectivity index (χ2v) is 10.7. The molecule has 0 saturated carbocycles. The molecule has 0 bridgehead atoms. The summed E-state index contributed by atoms with van der Waals surface area (Å²) in [6.07, 6.45) is -0.696. The summed E-state index contributed by atoms with van der Waals surface area (Å²) in [5, 5.41) is 6.27. The third-order valence-corrected chi connectivity index (χ3v) is 5.86. The molecule has 6 amide bonds. The summed E-state index contributed by atoms with van der Waals surface area (Å²) in [7, 11) is 0. The molecule has 2 rings (SSSR count). The van der Waals surface area contributed by atoms with Crippen molar-refractivity contribution in [2.75, 3.05) is 13.2 Å². The third-order valence-electron chi connectivity index (χ3n) is 5.86. The van der Waals surface area contributed by atoms with Gasteiger partial charge in [0.25, 0.3) is 23.6 Å². The van der Waals surface area contributed by atoms with Gasteiger partial charge < -0.3 is 25.0 Å². The number of hydrogen-bond donors (Lipinski definition) is 2. The molecule has 2 heterocycles. The highest BCUT2D eigenvalue weighted by Gasteiger charge is 2.34. The molecule has 0 spiro atoms. The smallest absolute Gasteiger partial charge is 0.333 e. The average molecular weight is 569 g/mol. The normalized spacial score (nSPS) is 15.9. The Morgan fingerprint density at radius 1 is 0.700 bits per heavy atom. The molecule has 0 unspecified atom stereocenters. The van der Waals surface area contributed by atoms with Crippen molar-refractivity contribution < 1.29 is 52.8 Å². The summed E-state index contributed by atoms with van der Waals surface area (Å²) in [6.45, 7) is 7.41. The van der Waals surface area contributed by atoms with Gasteiger partial charge >= 0.3 is 11.9 Å². The van der Waals surface area contributed by atoms with Crippen LogP contribution in [0.3, 0.4) is 0 Å². The molecular formula is C25H36N4O11. The van der Waals surface area contributed by atoms with E-state index in [0.29, 0.717) is 16.5 Å². The van der Waals surface area contributed by atoms with Crippen molar-refractivity contribution >= 4 is 47.4 Å².